The fourth-order valence-corrected chi connectivity index (χ4v) is 1.68. The first kappa shape index (κ1) is 10.2. The summed E-state index contributed by atoms with van der Waals surface area (Å²) in [6.45, 7) is 2.12. The molecule has 0 unspecified atom stereocenters. The Labute approximate surface area is 92.1 Å². The van der Waals surface area contributed by atoms with Crippen molar-refractivity contribution < 1.29 is 4.42 Å². The second-order valence-corrected chi connectivity index (χ2v) is 4.00. The van der Waals surface area contributed by atoms with E-state index in [1.54, 1.807) is 24.2 Å². The van der Waals surface area contributed by atoms with E-state index in [0.29, 0.717) is 11.1 Å². The second kappa shape index (κ2) is 4.93. The van der Waals surface area contributed by atoms with Gasteiger partial charge >= 0.3 is 0 Å². The van der Waals surface area contributed by atoms with E-state index in [1.165, 1.54) is 0 Å². The molecule has 0 aliphatic heterocycles. The summed E-state index contributed by atoms with van der Waals surface area (Å²) in [5, 5.41) is 8.56. The molecule has 4 nitrogen and oxygen atoms in total. The number of hydrogen-bond donors (Lipinski definition) is 0. The van der Waals surface area contributed by atoms with Crippen molar-refractivity contribution in [1.29, 1.82) is 0 Å². The average molecular weight is 221 g/mol. The Morgan fingerprint density at radius 3 is 2.80 bits per heavy atom. The summed E-state index contributed by atoms with van der Waals surface area (Å²) < 4.78 is 5.48. The second-order valence-electron chi connectivity index (χ2n) is 2.96. The van der Waals surface area contributed by atoms with Gasteiger partial charge in [0.1, 0.15) is 0 Å². The summed E-state index contributed by atoms with van der Waals surface area (Å²) in [6.07, 6.45) is 4.51. The lowest BCUT2D eigenvalue weighted by Gasteiger charge is -1.92. The monoisotopic (exact) mass is 221 g/mol. The van der Waals surface area contributed by atoms with Crippen LogP contribution in [0.3, 0.4) is 0 Å². The summed E-state index contributed by atoms with van der Waals surface area (Å²) in [5.74, 6) is 1.55. The molecule has 2 aromatic rings. The lowest BCUT2D eigenvalue weighted by Crippen LogP contribution is -1.77. The van der Waals surface area contributed by atoms with E-state index < -0.39 is 0 Å². The van der Waals surface area contributed by atoms with Crippen LogP contribution in [0.4, 0.5) is 0 Å². The first-order valence-corrected chi connectivity index (χ1v) is 5.75. The molecule has 0 saturated carbocycles. The van der Waals surface area contributed by atoms with Gasteiger partial charge in [0.15, 0.2) is 0 Å². The highest BCUT2D eigenvalue weighted by atomic mass is 32.2. The van der Waals surface area contributed by atoms with Crippen LogP contribution in [0.5, 0.6) is 0 Å². The van der Waals surface area contributed by atoms with Crippen LogP contribution in [0.2, 0.25) is 0 Å². The van der Waals surface area contributed by atoms with Gasteiger partial charge < -0.3 is 4.42 Å². The Hall–Kier alpha value is -1.36. The molecule has 0 aromatic carbocycles. The minimum absolute atomic E-state index is 0.552. The highest BCUT2D eigenvalue weighted by molar-refractivity contribution is 7.99. The van der Waals surface area contributed by atoms with E-state index in [1.807, 2.05) is 12.1 Å². The number of hydrogen-bond acceptors (Lipinski definition) is 5. The van der Waals surface area contributed by atoms with Gasteiger partial charge in [0.05, 0.1) is 0 Å². The highest BCUT2D eigenvalue weighted by Crippen LogP contribution is 2.22. The molecule has 0 bridgehead atoms. The molecule has 0 spiro atoms. The van der Waals surface area contributed by atoms with Crippen molar-refractivity contribution in [3.63, 3.8) is 0 Å². The Bertz CT molecular complexity index is 416. The minimum Gasteiger partial charge on any atom is -0.411 e. The molecule has 0 aliphatic carbocycles. The molecule has 0 fully saturated rings. The minimum atomic E-state index is 0.552. The van der Waals surface area contributed by atoms with Crippen LogP contribution in [0, 0.1) is 0 Å². The Kier molecular flexibility index (Phi) is 3.34. The molecule has 15 heavy (non-hydrogen) atoms. The lowest BCUT2D eigenvalue weighted by atomic mass is 10.3. The lowest BCUT2D eigenvalue weighted by molar-refractivity contribution is 0.466. The molecule has 2 aromatic heterocycles. The van der Waals surface area contributed by atoms with Crippen LogP contribution in [-0.2, 0) is 0 Å². The topological polar surface area (TPSA) is 51.8 Å². The predicted molar refractivity (Wildman–Crippen MR) is 58.5 cm³/mol. The van der Waals surface area contributed by atoms with Gasteiger partial charge in [0, 0.05) is 23.7 Å². The van der Waals surface area contributed by atoms with Gasteiger partial charge in [0.25, 0.3) is 5.22 Å². The fraction of sp³-hybridized carbons (Fsp3) is 0.300. The van der Waals surface area contributed by atoms with Crippen LogP contribution < -0.4 is 0 Å². The van der Waals surface area contributed by atoms with E-state index >= 15 is 0 Å². The van der Waals surface area contributed by atoms with Gasteiger partial charge in [-0.2, -0.15) is 0 Å². The zero-order valence-corrected chi connectivity index (χ0v) is 9.20. The van der Waals surface area contributed by atoms with Crippen LogP contribution in [0.1, 0.15) is 13.3 Å². The average Bonchev–Trinajstić information content (AvgIpc) is 2.76. The Morgan fingerprint density at radius 1 is 1.27 bits per heavy atom. The number of nitrogens with zero attached hydrogens (tertiary/aromatic N) is 3. The molecular formula is C10H11N3OS. The molecule has 5 heteroatoms. The van der Waals surface area contributed by atoms with E-state index in [2.05, 4.69) is 22.1 Å². The van der Waals surface area contributed by atoms with Gasteiger partial charge in [-0.3, -0.25) is 4.98 Å². The van der Waals surface area contributed by atoms with Crippen LogP contribution in [0.15, 0.2) is 34.2 Å². The maximum Gasteiger partial charge on any atom is 0.276 e. The Morgan fingerprint density at radius 2 is 2.07 bits per heavy atom. The molecular weight excluding hydrogens is 210 g/mol. The molecule has 0 aliphatic rings. The van der Waals surface area contributed by atoms with E-state index in [9.17, 15) is 0 Å². The van der Waals surface area contributed by atoms with Crippen molar-refractivity contribution in [3.8, 4) is 11.5 Å². The Balaban J connectivity index is 2.14. The molecule has 2 heterocycles. The molecule has 0 amide bonds. The molecule has 0 saturated heterocycles. The van der Waals surface area contributed by atoms with Crippen molar-refractivity contribution in [3.05, 3.63) is 24.5 Å². The quantitative estimate of drug-likeness (QED) is 0.743. The third-order valence-corrected chi connectivity index (χ3v) is 2.79. The maximum atomic E-state index is 5.48. The molecule has 0 atom stereocenters. The van der Waals surface area contributed by atoms with Gasteiger partial charge in [-0.25, -0.2) is 0 Å². The molecule has 0 N–H and O–H groups in total. The summed E-state index contributed by atoms with van der Waals surface area (Å²) >= 11 is 1.58. The first-order chi connectivity index (χ1) is 7.40. The summed E-state index contributed by atoms with van der Waals surface area (Å²) in [4.78, 5) is 3.93. The third kappa shape index (κ3) is 2.56. The maximum absolute atomic E-state index is 5.48. The summed E-state index contributed by atoms with van der Waals surface area (Å²) in [7, 11) is 0. The van der Waals surface area contributed by atoms with Crippen molar-refractivity contribution in [2.24, 2.45) is 0 Å². The third-order valence-electron chi connectivity index (χ3n) is 1.76. The first-order valence-electron chi connectivity index (χ1n) is 4.77. The standard InChI is InChI=1S/C10H11N3OS/c1-2-7-15-10-13-12-9(14-10)8-3-5-11-6-4-8/h3-6H,2,7H2,1H3. The van der Waals surface area contributed by atoms with E-state index in [0.717, 1.165) is 17.7 Å². The number of pyridine rings is 1. The van der Waals surface area contributed by atoms with Crippen molar-refractivity contribution >= 4 is 11.8 Å². The zero-order chi connectivity index (χ0) is 10.5. The van der Waals surface area contributed by atoms with Crippen molar-refractivity contribution in [1.82, 2.24) is 15.2 Å². The van der Waals surface area contributed by atoms with Gasteiger partial charge in [0.2, 0.25) is 5.89 Å². The predicted octanol–water partition coefficient (Wildman–Crippen LogP) is 2.63. The number of aromatic nitrogens is 3. The molecule has 78 valence electrons. The molecule has 2 rings (SSSR count). The van der Waals surface area contributed by atoms with E-state index in [-0.39, 0.29) is 0 Å². The highest BCUT2D eigenvalue weighted by Gasteiger charge is 2.07. The van der Waals surface area contributed by atoms with Gasteiger partial charge in [-0.05, 0) is 18.6 Å². The summed E-state index contributed by atoms with van der Waals surface area (Å²) in [5.41, 5.74) is 0.904. The smallest absolute Gasteiger partial charge is 0.276 e. The zero-order valence-electron chi connectivity index (χ0n) is 8.38. The van der Waals surface area contributed by atoms with E-state index in [4.69, 9.17) is 4.42 Å². The SMILES string of the molecule is CCCSc1nnc(-c2ccncc2)o1. The summed E-state index contributed by atoms with van der Waals surface area (Å²) in [6, 6.07) is 3.70. The van der Waals surface area contributed by atoms with Crippen LogP contribution in [-0.4, -0.2) is 20.9 Å². The number of thioether (sulfide) groups is 1. The van der Waals surface area contributed by atoms with Crippen molar-refractivity contribution in [2.75, 3.05) is 5.75 Å². The van der Waals surface area contributed by atoms with Gasteiger partial charge in [-0.15, -0.1) is 10.2 Å². The van der Waals surface area contributed by atoms with Crippen molar-refractivity contribution in [2.45, 2.75) is 18.6 Å². The largest absolute Gasteiger partial charge is 0.411 e. The molecule has 0 radical (unpaired) electrons. The van der Waals surface area contributed by atoms with Gasteiger partial charge in [-0.1, -0.05) is 18.7 Å². The normalized spacial score (nSPS) is 10.5. The fourth-order valence-electron chi connectivity index (χ4n) is 1.07. The number of rotatable bonds is 4. The van der Waals surface area contributed by atoms with Crippen LogP contribution >= 0.6 is 11.8 Å². The van der Waals surface area contributed by atoms with Crippen LogP contribution in [0.25, 0.3) is 11.5 Å².